The maximum absolute atomic E-state index is 11.1. The van der Waals surface area contributed by atoms with Crippen LogP contribution in [0.2, 0.25) is 0 Å². The van der Waals surface area contributed by atoms with Gasteiger partial charge in [-0.2, -0.15) is 0 Å². The van der Waals surface area contributed by atoms with E-state index in [0.29, 0.717) is 6.42 Å². The van der Waals surface area contributed by atoms with E-state index in [9.17, 15) is 9.90 Å². The molecule has 0 aliphatic carbocycles. The molecule has 1 aromatic heterocycles. The van der Waals surface area contributed by atoms with Gasteiger partial charge in [0.15, 0.2) is 0 Å². The number of thiophene rings is 1. The number of phenolic OH excluding ortho intramolecular Hbond substituents is 1. The van der Waals surface area contributed by atoms with Crippen molar-refractivity contribution < 1.29 is 15.0 Å². The number of hydrogen-bond donors (Lipinski definition) is 2. The Morgan fingerprint density at radius 3 is 2.71 bits per heavy atom. The standard InChI is InChI=1S/C13H14O3S/c1-13(2,12(15)16)7-9-6-8-4-3-5-10(14)11(8)17-9/h3-6,14H,7H2,1-2H3,(H,15,16). The fourth-order valence-electron chi connectivity index (χ4n) is 1.70. The van der Waals surface area contributed by atoms with Crippen LogP contribution >= 0.6 is 11.3 Å². The molecule has 0 spiro atoms. The van der Waals surface area contributed by atoms with Gasteiger partial charge in [-0.05, 0) is 37.8 Å². The summed E-state index contributed by atoms with van der Waals surface area (Å²) in [6, 6.07) is 7.30. The number of benzene rings is 1. The van der Waals surface area contributed by atoms with E-state index in [2.05, 4.69) is 0 Å². The zero-order valence-electron chi connectivity index (χ0n) is 9.73. The molecule has 0 saturated heterocycles. The van der Waals surface area contributed by atoms with E-state index < -0.39 is 11.4 Å². The third-order valence-electron chi connectivity index (χ3n) is 2.77. The van der Waals surface area contributed by atoms with Crippen molar-refractivity contribution in [3.8, 4) is 5.75 Å². The van der Waals surface area contributed by atoms with Crippen LogP contribution in [0.5, 0.6) is 5.75 Å². The lowest BCUT2D eigenvalue weighted by atomic mass is 9.89. The van der Waals surface area contributed by atoms with Crippen LogP contribution in [-0.2, 0) is 11.2 Å². The highest BCUT2D eigenvalue weighted by atomic mass is 32.1. The van der Waals surface area contributed by atoms with Gasteiger partial charge in [0.2, 0.25) is 0 Å². The largest absolute Gasteiger partial charge is 0.506 e. The SMILES string of the molecule is CC(C)(Cc1cc2cccc(O)c2s1)C(=O)O. The second-order valence-electron chi connectivity index (χ2n) is 4.77. The summed E-state index contributed by atoms with van der Waals surface area (Å²) in [7, 11) is 0. The van der Waals surface area contributed by atoms with E-state index in [4.69, 9.17) is 5.11 Å². The number of phenols is 1. The molecule has 0 atom stereocenters. The third-order valence-corrected chi connectivity index (χ3v) is 3.94. The Morgan fingerprint density at radius 2 is 2.12 bits per heavy atom. The topological polar surface area (TPSA) is 57.5 Å². The number of fused-ring (bicyclic) bond motifs is 1. The molecule has 0 aliphatic heterocycles. The summed E-state index contributed by atoms with van der Waals surface area (Å²) >= 11 is 1.45. The molecule has 0 amide bonds. The van der Waals surface area contributed by atoms with Crippen LogP contribution in [0.15, 0.2) is 24.3 Å². The van der Waals surface area contributed by atoms with Gasteiger partial charge >= 0.3 is 5.97 Å². The lowest BCUT2D eigenvalue weighted by Crippen LogP contribution is -2.25. The number of aliphatic carboxylic acids is 1. The highest BCUT2D eigenvalue weighted by Gasteiger charge is 2.28. The number of rotatable bonds is 3. The average Bonchev–Trinajstić information content (AvgIpc) is 2.60. The first kappa shape index (κ1) is 11.9. The maximum atomic E-state index is 11.1. The Bertz CT molecular complexity index is 569. The second-order valence-corrected chi connectivity index (χ2v) is 5.91. The fourth-order valence-corrected chi connectivity index (χ4v) is 3.00. The summed E-state index contributed by atoms with van der Waals surface area (Å²) in [4.78, 5) is 12.0. The van der Waals surface area contributed by atoms with Gasteiger partial charge in [0.05, 0.1) is 10.1 Å². The van der Waals surface area contributed by atoms with Crippen LogP contribution < -0.4 is 0 Å². The molecule has 0 aliphatic rings. The highest BCUT2D eigenvalue weighted by molar-refractivity contribution is 7.19. The number of aromatic hydroxyl groups is 1. The quantitative estimate of drug-likeness (QED) is 0.879. The first-order valence-corrected chi connectivity index (χ1v) is 6.15. The summed E-state index contributed by atoms with van der Waals surface area (Å²) in [5, 5.41) is 19.7. The Balaban J connectivity index is 2.38. The summed E-state index contributed by atoms with van der Waals surface area (Å²) in [6.07, 6.45) is 0.473. The van der Waals surface area contributed by atoms with Crippen LogP contribution in [0.25, 0.3) is 10.1 Å². The zero-order valence-corrected chi connectivity index (χ0v) is 10.5. The zero-order chi connectivity index (χ0) is 12.6. The summed E-state index contributed by atoms with van der Waals surface area (Å²) in [6.45, 7) is 3.42. The number of carboxylic acid groups (broad SMARTS) is 1. The summed E-state index contributed by atoms with van der Waals surface area (Å²) < 4.78 is 0.823. The van der Waals surface area contributed by atoms with Crippen LogP contribution in [0.3, 0.4) is 0 Å². The molecule has 3 nitrogen and oxygen atoms in total. The van der Waals surface area contributed by atoms with Crippen LogP contribution in [0.4, 0.5) is 0 Å². The van der Waals surface area contributed by atoms with Gasteiger partial charge in [0.25, 0.3) is 0 Å². The highest BCUT2D eigenvalue weighted by Crippen LogP contribution is 2.35. The van der Waals surface area contributed by atoms with Crippen molar-refractivity contribution in [3.63, 3.8) is 0 Å². The van der Waals surface area contributed by atoms with Crippen molar-refractivity contribution in [2.75, 3.05) is 0 Å². The molecule has 90 valence electrons. The van der Waals surface area contributed by atoms with Gasteiger partial charge in [-0.15, -0.1) is 11.3 Å². The Kier molecular flexibility index (Phi) is 2.83. The minimum Gasteiger partial charge on any atom is -0.506 e. The monoisotopic (exact) mass is 250 g/mol. The van der Waals surface area contributed by atoms with E-state index in [1.54, 1.807) is 26.0 Å². The molecule has 0 saturated carbocycles. The minimum atomic E-state index is -0.806. The third kappa shape index (κ3) is 2.26. The van der Waals surface area contributed by atoms with Crippen molar-refractivity contribution in [2.45, 2.75) is 20.3 Å². The van der Waals surface area contributed by atoms with Crippen molar-refractivity contribution >= 4 is 27.4 Å². The molecule has 2 aromatic rings. The number of carbonyl (C=O) groups is 1. The molecule has 17 heavy (non-hydrogen) atoms. The molecule has 1 heterocycles. The van der Waals surface area contributed by atoms with E-state index in [-0.39, 0.29) is 5.75 Å². The average molecular weight is 250 g/mol. The predicted molar refractivity (Wildman–Crippen MR) is 68.6 cm³/mol. The molecule has 0 fully saturated rings. The molecule has 0 unspecified atom stereocenters. The van der Waals surface area contributed by atoms with E-state index in [1.807, 2.05) is 12.1 Å². The molecule has 2 rings (SSSR count). The number of hydrogen-bond acceptors (Lipinski definition) is 3. The predicted octanol–water partition coefficient (Wildman–Crippen LogP) is 3.26. The molecule has 2 N–H and O–H groups in total. The summed E-state index contributed by atoms with van der Waals surface area (Å²) in [5.74, 6) is -0.550. The molecule has 0 radical (unpaired) electrons. The van der Waals surface area contributed by atoms with Crippen LogP contribution in [0.1, 0.15) is 18.7 Å². The van der Waals surface area contributed by atoms with Gasteiger partial charge in [-0.25, -0.2) is 0 Å². The summed E-state index contributed by atoms with van der Waals surface area (Å²) in [5.41, 5.74) is -0.781. The minimum absolute atomic E-state index is 0.256. The molecule has 1 aromatic carbocycles. The second kappa shape index (κ2) is 4.04. The molecule has 4 heteroatoms. The van der Waals surface area contributed by atoms with Gasteiger partial charge in [-0.3, -0.25) is 4.79 Å². The Morgan fingerprint density at radius 1 is 1.41 bits per heavy atom. The van der Waals surface area contributed by atoms with Gasteiger partial charge in [-0.1, -0.05) is 12.1 Å². The van der Waals surface area contributed by atoms with Crippen LogP contribution in [0, 0.1) is 5.41 Å². The van der Waals surface area contributed by atoms with Gasteiger partial charge < -0.3 is 10.2 Å². The van der Waals surface area contributed by atoms with Crippen molar-refractivity contribution in [1.29, 1.82) is 0 Å². The lowest BCUT2D eigenvalue weighted by molar-refractivity contribution is -0.146. The van der Waals surface area contributed by atoms with Gasteiger partial charge in [0, 0.05) is 4.88 Å². The van der Waals surface area contributed by atoms with Crippen molar-refractivity contribution in [1.82, 2.24) is 0 Å². The Hall–Kier alpha value is -1.55. The van der Waals surface area contributed by atoms with Crippen LogP contribution in [-0.4, -0.2) is 16.2 Å². The number of carboxylic acids is 1. The van der Waals surface area contributed by atoms with E-state index >= 15 is 0 Å². The van der Waals surface area contributed by atoms with E-state index in [0.717, 1.165) is 15.0 Å². The van der Waals surface area contributed by atoms with E-state index in [1.165, 1.54) is 11.3 Å². The molecular formula is C13H14O3S. The first-order chi connectivity index (χ1) is 7.90. The Labute approximate surface area is 103 Å². The van der Waals surface area contributed by atoms with Gasteiger partial charge in [0.1, 0.15) is 5.75 Å². The lowest BCUT2D eigenvalue weighted by Gasteiger charge is -2.17. The maximum Gasteiger partial charge on any atom is 0.309 e. The molecular weight excluding hydrogens is 236 g/mol. The first-order valence-electron chi connectivity index (χ1n) is 5.34. The van der Waals surface area contributed by atoms with Crippen molar-refractivity contribution in [2.24, 2.45) is 5.41 Å². The smallest absolute Gasteiger partial charge is 0.309 e. The molecule has 0 bridgehead atoms. The fraction of sp³-hybridized carbons (Fsp3) is 0.308. The van der Waals surface area contributed by atoms with Crippen molar-refractivity contribution in [3.05, 3.63) is 29.1 Å². The normalized spacial score (nSPS) is 11.9.